The molecule has 2 atom stereocenters. The molecule has 0 aliphatic rings. The van der Waals surface area contributed by atoms with Crippen molar-refractivity contribution in [1.82, 2.24) is 20.2 Å². The second-order valence-corrected chi connectivity index (χ2v) is 5.58. The normalized spacial score (nSPS) is 13.3. The number of imidazole rings is 1. The molecule has 1 aromatic heterocycles. The van der Waals surface area contributed by atoms with Gasteiger partial charge in [0.05, 0.1) is 18.5 Å². The summed E-state index contributed by atoms with van der Waals surface area (Å²) < 4.78 is 1.92. The van der Waals surface area contributed by atoms with Crippen LogP contribution in [0, 0.1) is 0 Å². The number of rotatable bonds is 7. The Kier molecular flexibility index (Phi) is 6.17. The zero-order valence-electron chi connectivity index (χ0n) is 13.6. The van der Waals surface area contributed by atoms with Gasteiger partial charge in [-0.1, -0.05) is 25.5 Å². The number of carbonyl (C=O) groups is 1. The minimum atomic E-state index is -0.490. The van der Waals surface area contributed by atoms with E-state index in [1.165, 1.54) is 0 Å². The number of aliphatic hydroxyl groups is 1. The van der Waals surface area contributed by atoms with Crippen molar-refractivity contribution in [2.24, 2.45) is 0 Å². The van der Waals surface area contributed by atoms with Crippen LogP contribution in [-0.4, -0.2) is 33.3 Å². The van der Waals surface area contributed by atoms with Crippen LogP contribution in [0.5, 0.6) is 0 Å². The maximum Gasteiger partial charge on any atom is 0.315 e. The number of hydrogen-bond donors (Lipinski definition) is 3. The van der Waals surface area contributed by atoms with E-state index in [1.54, 1.807) is 12.5 Å². The molecule has 0 aliphatic heterocycles. The van der Waals surface area contributed by atoms with Crippen LogP contribution in [-0.2, 0) is 0 Å². The van der Waals surface area contributed by atoms with Gasteiger partial charge in [-0.15, -0.1) is 0 Å². The van der Waals surface area contributed by atoms with E-state index in [-0.39, 0.29) is 18.6 Å². The topological polar surface area (TPSA) is 79.2 Å². The van der Waals surface area contributed by atoms with Gasteiger partial charge in [0.1, 0.15) is 0 Å². The third-order valence-electron chi connectivity index (χ3n) is 3.66. The minimum absolute atomic E-state index is 0.116. The van der Waals surface area contributed by atoms with Crippen molar-refractivity contribution in [3.8, 4) is 5.69 Å². The van der Waals surface area contributed by atoms with Crippen molar-refractivity contribution in [2.75, 3.05) is 6.54 Å². The van der Waals surface area contributed by atoms with Crippen LogP contribution >= 0.6 is 0 Å². The molecule has 0 fully saturated rings. The van der Waals surface area contributed by atoms with Gasteiger partial charge >= 0.3 is 6.03 Å². The number of nitrogens with zero attached hydrogens (tertiary/aromatic N) is 2. The first kappa shape index (κ1) is 17.0. The molecule has 2 amide bonds. The highest BCUT2D eigenvalue weighted by molar-refractivity contribution is 5.74. The molecule has 124 valence electrons. The molecule has 0 bridgehead atoms. The number of hydrogen-bond acceptors (Lipinski definition) is 3. The van der Waals surface area contributed by atoms with Crippen molar-refractivity contribution in [1.29, 1.82) is 0 Å². The SMILES string of the molecule is CCCC(O)CNC(=O)NC(C)c1ccc(-n2ccnc2)cc1. The number of nitrogens with one attached hydrogen (secondary N) is 2. The number of carbonyl (C=O) groups excluding carboxylic acids is 1. The molecule has 6 nitrogen and oxygen atoms in total. The molecule has 0 radical (unpaired) electrons. The molecule has 0 saturated carbocycles. The minimum Gasteiger partial charge on any atom is -0.391 e. The summed E-state index contributed by atoms with van der Waals surface area (Å²) in [5.41, 5.74) is 2.03. The Hall–Kier alpha value is -2.34. The lowest BCUT2D eigenvalue weighted by Gasteiger charge is -2.17. The lowest BCUT2D eigenvalue weighted by atomic mass is 10.1. The van der Waals surface area contributed by atoms with Crippen molar-refractivity contribution in [3.05, 3.63) is 48.5 Å². The van der Waals surface area contributed by atoms with Crippen LogP contribution in [0.15, 0.2) is 43.0 Å². The van der Waals surface area contributed by atoms with Crippen molar-refractivity contribution < 1.29 is 9.90 Å². The summed E-state index contributed by atoms with van der Waals surface area (Å²) in [6, 6.07) is 7.54. The molecule has 0 saturated heterocycles. The van der Waals surface area contributed by atoms with E-state index in [4.69, 9.17) is 0 Å². The van der Waals surface area contributed by atoms with E-state index >= 15 is 0 Å². The molecule has 23 heavy (non-hydrogen) atoms. The Morgan fingerprint density at radius 3 is 2.70 bits per heavy atom. The molecule has 0 aliphatic carbocycles. The van der Waals surface area contributed by atoms with Crippen LogP contribution in [0.25, 0.3) is 5.69 Å². The smallest absolute Gasteiger partial charge is 0.315 e. The van der Waals surface area contributed by atoms with Gasteiger partial charge < -0.3 is 20.3 Å². The number of benzene rings is 1. The monoisotopic (exact) mass is 316 g/mol. The molecule has 3 N–H and O–H groups in total. The number of amides is 2. The Morgan fingerprint density at radius 2 is 2.09 bits per heavy atom. The Balaban J connectivity index is 1.85. The van der Waals surface area contributed by atoms with E-state index < -0.39 is 6.10 Å². The third-order valence-corrected chi connectivity index (χ3v) is 3.66. The van der Waals surface area contributed by atoms with Gasteiger partial charge in [0, 0.05) is 24.6 Å². The Bertz CT molecular complexity index is 596. The van der Waals surface area contributed by atoms with Crippen LogP contribution in [0.2, 0.25) is 0 Å². The number of aliphatic hydroxyl groups excluding tert-OH is 1. The number of aromatic nitrogens is 2. The summed E-state index contributed by atoms with van der Waals surface area (Å²) in [7, 11) is 0. The lowest BCUT2D eigenvalue weighted by Crippen LogP contribution is -2.40. The maximum atomic E-state index is 11.8. The van der Waals surface area contributed by atoms with Crippen molar-refractivity contribution in [2.45, 2.75) is 38.8 Å². The molecule has 1 heterocycles. The predicted octanol–water partition coefficient (Wildman–Crippen LogP) is 2.39. The Labute approximate surface area is 136 Å². The quantitative estimate of drug-likeness (QED) is 0.734. The van der Waals surface area contributed by atoms with E-state index in [9.17, 15) is 9.90 Å². The van der Waals surface area contributed by atoms with Gasteiger partial charge in [-0.05, 0) is 31.0 Å². The molecular formula is C17H24N4O2. The highest BCUT2D eigenvalue weighted by Crippen LogP contribution is 2.15. The summed E-state index contributed by atoms with van der Waals surface area (Å²) >= 11 is 0. The Morgan fingerprint density at radius 1 is 1.35 bits per heavy atom. The van der Waals surface area contributed by atoms with Gasteiger partial charge in [0.15, 0.2) is 0 Å². The first-order chi connectivity index (χ1) is 11.1. The molecule has 0 spiro atoms. The van der Waals surface area contributed by atoms with E-state index in [2.05, 4.69) is 15.6 Å². The highest BCUT2D eigenvalue weighted by Gasteiger charge is 2.11. The average Bonchev–Trinajstić information content (AvgIpc) is 3.08. The summed E-state index contributed by atoms with van der Waals surface area (Å²) in [4.78, 5) is 15.9. The predicted molar refractivity (Wildman–Crippen MR) is 89.4 cm³/mol. The maximum absolute atomic E-state index is 11.8. The molecule has 6 heteroatoms. The lowest BCUT2D eigenvalue weighted by molar-refractivity contribution is 0.160. The zero-order valence-corrected chi connectivity index (χ0v) is 13.6. The van der Waals surface area contributed by atoms with Gasteiger partial charge in [0.2, 0.25) is 0 Å². The highest BCUT2D eigenvalue weighted by atomic mass is 16.3. The van der Waals surface area contributed by atoms with Crippen molar-refractivity contribution >= 4 is 6.03 Å². The fraction of sp³-hybridized carbons (Fsp3) is 0.412. The van der Waals surface area contributed by atoms with E-state index in [1.807, 2.05) is 48.9 Å². The summed E-state index contributed by atoms with van der Waals surface area (Å²) in [5, 5.41) is 15.2. The molecule has 2 aromatic rings. The van der Waals surface area contributed by atoms with E-state index in [0.29, 0.717) is 6.42 Å². The van der Waals surface area contributed by atoms with Gasteiger partial charge in [0.25, 0.3) is 0 Å². The van der Waals surface area contributed by atoms with Crippen LogP contribution in [0.4, 0.5) is 4.79 Å². The van der Waals surface area contributed by atoms with Crippen LogP contribution in [0.3, 0.4) is 0 Å². The van der Waals surface area contributed by atoms with Gasteiger partial charge in [-0.3, -0.25) is 0 Å². The van der Waals surface area contributed by atoms with Crippen LogP contribution in [0.1, 0.15) is 38.3 Å². The largest absolute Gasteiger partial charge is 0.391 e. The fourth-order valence-electron chi connectivity index (χ4n) is 2.32. The fourth-order valence-corrected chi connectivity index (χ4v) is 2.32. The molecule has 1 aromatic carbocycles. The molecule has 2 rings (SSSR count). The zero-order chi connectivity index (χ0) is 16.7. The second-order valence-electron chi connectivity index (χ2n) is 5.58. The van der Waals surface area contributed by atoms with E-state index in [0.717, 1.165) is 17.7 Å². The summed E-state index contributed by atoms with van der Waals surface area (Å²) in [6.45, 7) is 4.19. The average molecular weight is 316 g/mol. The number of urea groups is 1. The van der Waals surface area contributed by atoms with Gasteiger partial charge in [-0.25, -0.2) is 9.78 Å². The molecular weight excluding hydrogens is 292 g/mol. The first-order valence-corrected chi connectivity index (χ1v) is 7.91. The standard InChI is InChI=1S/C17H24N4O2/c1-3-4-16(22)11-19-17(23)20-13(2)14-5-7-15(8-6-14)21-10-9-18-12-21/h5-10,12-13,16,22H,3-4,11H2,1-2H3,(H2,19,20,23). The first-order valence-electron chi connectivity index (χ1n) is 7.91. The summed E-state index contributed by atoms with van der Waals surface area (Å²) in [5.74, 6) is 0. The summed E-state index contributed by atoms with van der Waals surface area (Å²) in [6.07, 6.45) is 6.44. The van der Waals surface area contributed by atoms with Crippen molar-refractivity contribution in [3.63, 3.8) is 0 Å². The van der Waals surface area contributed by atoms with Gasteiger partial charge in [-0.2, -0.15) is 0 Å². The van der Waals surface area contributed by atoms with Crippen LogP contribution < -0.4 is 10.6 Å². The second kappa shape index (κ2) is 8.33. The third kappa shape index (κ3) is 5.10. The molecule has 2 unspecified atom stereocenters.